The van der Waals surface area contributed by atoms with E-state index in [9.17, 15) is 9.59 Å². The monoisotopic (exact) mass is 379 g/mol. The molecule has 2 rings (SSSR count). The van der Waals surface area contributed by atoms with Gasteiger partial charge in [0.05, 0.1) is 18.0 Å². The molecule has 1 aliphatic rings. The number of carbonyl (C=O) groups is 2. The SMILES string of the molecule is CC(C)(S)CC(=O)NN=C1CCCc2nc(OCCCC(=O)O)ccc21. The van der Waals surface area contributed by atoms with Crippen LogP contribution in [0.4, 0.5) is 0 Å². The zero-order chi connectivity index (χ0) is 19.2. The van der Waals surface area contributed by atoms with Gasteiger partial charge in [0.15, 0.2) is 0 Å². The van der Waals surface area contributed by atoms with Gasteiger partial charge < -0.3 is 9.84 Å². The average Bonchev–Trinajstić information content (AvgIpc) is 2.55. The van der Waals surface area contributed by atoms with E-state index in [0.717, 1.165) is 36.2 Å². The fourth-order valence-electron chi connectivity index (χ4n) is 2.65. The van der Waals surface area contributed by atoms with Gasteiger partial charge in [0, 0.05) is 29.2 Å². The number of ether oxygens (including phenoxy) is 1. The summed E-state index contributed by atoms with van der Waals surface area (Å²) in [5.41, 5.74) is 5.21. The number of amides is 1. The molecule has 0 bridgehead atoms. The molecule has 0 atom stereocenters. The van der Waals surface area contributed by atoms with Crippen LogP contribution in [0.1, 0.15) is 57.2 Å². The summed E-state index contributed by atoms with van der Waals surface area (Å²) in [6.07, 6.45) is 3.28. The highest BCUT2D eigenvalue weighted by molar-refractivity contribution is 7.81. The first-order chi connectivity index (χ1) is 12.2. The predicted octanol–water partition coefficient (Wildman–Crippen LogP) is 2.58. The normalized spacial score (nSPS) is 15.4. The highest BCUT2D eigenvalue weighted by atomic mass is 32.1. The molecular formula is C18H25N3O4S. The number of hydrogen-bond acceptors (Lipinski definition) is 6. The zero-order valence-corrected chi connectivity index (χ0v) is 16.0. The number of pyridine rings is 1. The summed E-state index contributed by atoms with van der Waals surface area (Å²) in [6, 6.07) is 3.64. The fraction of sp³-hybridized carbons (Fsp3) is 0.556. The first kappa shape index (κ1) is 20.2. The van der Waals surface area contributed by atoms with Crippen LogP contribution in [-0.2, 0) is 16.0 Å². The van der Waals surface area contributed by atoms with E-state index in [-0.39, 0.29) is 23.5 Å². The van der Waals surface area contributed by atoms with Crippen molar-refractivity contribution in [3.8, 4) is 5.88 Å². The molecule has 1 heterocycles. The molecule has 7 nitrogen and oxygen atoms in total. The molecule has 0 radical (unpaired) electrons. The summed E-state index contributed by atoms with van der Waals surface area (Å²) in [4.78, 5) is 26.9. The first-order valence-electron chi connectivity index (χ1n) is 8.67. The highest BCUT2D eigenvalue weighted by Gasteiger charge is 2.20. The van der Waals surface area contributed by atoms with E-state index in [1.807, 2.05) is 19.9 Å². The molecule has 0 unspecified atom stereocenters. The molecule has 8 heteroatoms. The van der Waals surface area contributed by atoms with E-state index in [1.54, 1.807) is 6.07 Å². The number of carboxylic acid groups (broad SMARTS) is 1. The van der Waals surface area contributed by atoms with Crippen LogP contribution in [0.25, 0.3) is 0 Å². The van der Waals surface area contributed by atoms with Crippen molar-refractivity contribution in [3.05, 3.63) is 23.4 Å². The summed E-state index contributed by atoms with van der Waals surface area (Å²) in [6.45, 7) is 4.07. The minimum atomic E-state index is -0.837. The third-order valence-corrected chi connectivity index (χ3v) is 3.94. The van der Waals surface area contributed by atoms with Crippen molar-refractivity contribution in [2.45, 2.75) is 57.1 Å². The topological polar surface area (TPSA) is 101 Å². The van der Waals surface area contributed by atoms with Crippen LogP contribution in [0.5, 0.6) is 5.88 Å². The van der Waals surface area contributed by atoms with Gasteiger partial charge in [0.1, 0.15) is 0 Å². The van der Waals surface area contributed by atoms with Crippen LogP contribution in [0.15, 0.2) is 17.2 Å². The number of fused-ring (bicyclic) bond motifs is 1. The van der Waals surface area contributed by atoms with E-state index in [2.05, 4.69) is 28.1 Å². The Bertz CT molecular complexity index is 698. The summed E-state index contributed by atoms with van der Waals surface area (Å²) in [5, 5.41) is 12.9. The van der Waals surface area contributed by atoms with Crippen molar-refractivity contribution < 1.29 is 19.4 Å². The van der Waals surface area contributed by atoms with E-state index in [1.165, 1.54) is 0 Å². The molecule has 0 aliphatic heterocycles. The van der Waals surface area contributed by atoms with Crippen molar-refractivity contribution in [2.75, 3.05) is 6.61 Å². The van der Waals surface area contributed by atoms with Crippen LogP contribution in [0, 0.1) is 0 Å². The Balaban J connectivity index is 1.99. The minimum Gasteiger partial charge on any atom is -0.481 e. The van der Waals surface area contributed by atoms with Gasteiger partial charge in [-0.25, -0.2) is 10.4 Å². The van der Waals surface area contributed by atoms with Gasteiger partial charge in [-0.1, -0.05) is 13.8 Å². The third kappa shape index (κ3) is 6.67. The van der Waals surface area contributed by atoms with Crippen LogP contribution >= 0.6 is 12.6 Å². The Morgan fingerprint density at radius 3 is 2.85 bits per heavy atom. The lowest BCUT2D eigenvalue weighted by molar-refractivity contribution is -0.137. The second-order valence-corrected chi connectivity index (χ2v) is 8.14. The number of aryl methyl sites for hydroxylation is 1. The molecule has 1 aromatic heterocycles. The molecule has 0 aromatic carbocycles. The van der Waals surface area contributed by atoms with E-state index in [4.69, 9.17) is 9.84 Å². The largest absolute Gasteiger partial charge is 0.481 e. The smallest absolute Gasteiger partial charge is 0.303 e. The number of nitrogens with one attached hydrogen (secondary N) is 1. The van der Waals surface area contributed by atoms with E-state index in [0.29, 0.717) is 18.9 Å². The number of hydrogen-bond donors (Lipinski definition) is 3. The van der Waals surface area contributed by atoms with Gasteiger partial charge in [-0.3, -0.25) is 9.59 Å². The summed E-state index contributed by atoms with van der Waals surface area (Å²) < 4.78 is 5.13. The number of aliphatic carboxylic acids is 1. The van der Waals surface area contributed by atoms with Gasteiger partial charge >= 0.3 is 5.97 Å². The molecule has 0 fully saturated rings. The van der Waals surface area contributed by atoms with Crippen LogP contribution in [0.3, 0.4) is 0 Å². The number of thiol groups is 1. The molecule has 1 amide bonds. The van der Waals surface area contributed by atoms with Crippen molar-refractivity contribution in [2.24, 2.45) is 5.10 Å². The number of aromatic nitrogens is 1. The molecule has 26 heavy (non-hydrogen) atoms. The van der Waals surface area contributed by atoms with Crippen molar-refractivity contribution in [1.29, 1.82) is 0 Å². The Hall–Kier alpha value is -2.09. The molecule has 142 valence electrons. The number of carbonyl (C=O) groups excluding carboxylic acids is 1. The van der Waals surface area contributed by atoms with Gasteiger partial charge in [0.25, 0.3) is 0 Å². The maximum absolute atomic E-state index is 11.9. The number of nitrogens with zero attached hydrogens (tertiary/aromatic N) is 2. The third-order valence-electron chi connectivity index (χ3n) is 3.78. The molecule has 1 aliphatic carbocycles. The van der Waals surface area contributed by atoms with Gasteiger partial charge in [-0.15, -0.1) is 0 Å². The molecule has 0 saturated heterocycles. The second kappa shape index (κ2) is 9.02. The number of hydrazone groups is 1. The van der Waals surface area contributed by atoms with Crippen molar-refractivity contribution in [1.82, 2.24) is 10.4 Å². The van der Waals surface area contributed by atoms with Crippen LogP contribution < -0.4 is 10.2 Å². The fourth-order valence-corrected chi connectivity index (χ4v) is 2.80. The van der Waals surface area contributed by atoms with Crippen LogP contribution in [-0.4, -0.2) is 39.0 Å². The second-order valence-electron chi connectivity index (χ2n) is 6.93. The quantitative estimate of drug-likeness (QED) is 0.366. The lowest BCUT2D eigenvalue weighted by Crippen LogP contribution is -2.27. The minimum absolute atomic E-state index is 0.0739. The van der Waals surface area contributed by atoms with Gasteiger partial charge in [0.2, 0.25) is 11.8 Å². The standard InChI is InChI=1S/C18H25N3O4S/c1-18(2,26)11-15(22)21-20-14-6-3-5-13-12(14)8-9-16(19-13)25-10-4-7-17(23)24/h8-9,26H,3-7,10-11H2,1-2H3,(H,21,22)(H,23,24). The molecule has 2 N–H and O–H groups in total. The van der Waals surface area contributed by atoms with Crippen molar-refractivity contribution >= 4 is 30.2 Å². The maximum Gasteiger partial charge on any atom is 0.303 e. The Morgan fingerprint density at radius 1 is 1.38 bits per heavy atom. The van der Waals surface area contributed by atoms with Gasteiger partial charge in [-0.05, 0) is 31.7 Å². The number of rotatable bonds is 8. The Kier molecular flexibility index (Phi) is 7.02. The molecule has 0 saturated carbocycles. The lowest BCUT2D eigenvalue weighted by atomic mass is 9.94. The first-order valence-corrected chi connectivity index (χ1v) is 9.12. The maximum atomic E-state index is 11.9. The summed E-state index contributed by atoms with van der Waals surface area (Å²) in [5.74, 6) is -0.525. The molecular weight excluding hydrogens is 354 g/mol. The Morgan fingerprint density at radius 2 is 2.15 bits per heavy atom. The number of carboxylic acids is 1. The van der Waals surface area contributed by atoms with Crippen molar-refractivity contribution in [3.63, 3.8) is 0 Å². The van der Waals surface area contributed by atoms with Gasteiger partial charge in [-0.2, -0.15) is 17.7 Å². The summed E-state index contributed by atoms with van der Waals surface area (Å²) in [7, 11) is 0. The Labute approximate surface area is 158 Å². The summed E-state index contributed by atoms with van der Waals surface area (Å²) >= 11 is 4.35. The highest BCUT2D eigenvalue weighted by Crippen LogP contribution is 2.23. The predicted molar refractivity (Wildman–Crippen MR) is 102 cm³/mol. The molecule has 1 aromatic rings. The lowest BCUT2D eigenvalue weighted by Gasteiger charge is -2.19. The van der Waals surface area contributed by atoms with E-state index < -0.39 is 5.97 Å². The average molecular weight is 379 g/mol. The zero-order valence-electron chi connectivity index (χ0n) is 15.1. The molecule has 0 spiro atoms. The van der Waals surface area contributed by atoms with Crippen LogP contribution in [0.2, 0.25) is 0 Å². The van der Waals surface area contributed by atoms with E-state index >= 15 is 0 Å².